The molecule has 0 amide bonds. The van der Waals surface area contributed by atoms with E-state index in [2.05, 4.69) is 4.84 Å². The van der Waals surface area contributed by atoms with Gasteiger partial charge in [-0.3, -0.25) is 4.79 Å². The van der Waals surface area contributed by atoms with Crippen LogP contribution in [0.2, 0.25) is 0 Å². The topological polar surface area (TPSA) is 38.3 Å². The zero-order valence-corrected chi connectivity index (χ0v) is 10.3. The van der Waals surface area contributed by atoms with Crippen LogP contribution in [-0.2, 0) is 16.0 Å². The van der Waals surface area contributed by atoms with Crippen molar-refractivity contribution in [2.75, 3.05) is 0 Å². The minimum atomic E-state index is -0.473. The van der Waals surface area contributed by atoms with E-state index in [0.29, 0.717) is 6.42 Å². The molecule has 92 valence electrons. The molecular weight excluding hydrogens is 238 g/mol. The number of ether oxygens (including phenoxy) is 1. The second-order valence-electron chi connectivity index (χ2n) is 4.34. The quantitative estimate of drug-likeness (QED) is 0.647. The van der Waals surface area contributed by atoms with Gasteiger partial charge in [0.05, 0.1) is 0 Å². The van der Waals surface area contributed by atoms with Crippen LogP contribution in [-0.4, -0.2) is 18.1 Å². The van der Waals surface area contributed by atoms with Crippen molar-refractivity contribution in [1.29, 1.82) is 0 Å². The van der Waals surface area contributed by atoms with Crippen LogP contribution in [0.25, 0.3) is 0 Å². The Morgan fingerprint density at radius 3 is 2.65 bits per heavy atom. The van der Waals surface area contributed by atoms with Crippen LogP contribution in [0.15, 0.2) is 30.3 Å². The molecule has 0 saturated heterocycles. The van der Waals surface area contributed by atoms with Crippen LogP contribution >= 0.6 is 11.8 Å². The molecule has 0 unspecified atom stereocenters. The van der Waals surface area contributed by atoms with E-state index in [1.807, 2.05) is 30.3 Å². The SMILES string of the molecule is O=C(OC1CCC1)[C@H](Cc1ccccc1)NCl. The summed E-state index contributed by atoms with van der Waals surface area (Å²) in [5, 5.41) is 0. The van der Waals surface area contributed by atoms with Gasteiger partial charge in [-0.15, -0.1) is 0 Å². The number of esters is 1. The molecule has 3 nitrogen and oxygen atoms in total. The number of benzene rings is 1. The average molecular weight is 254 g/mol. The molecule has 1 N–H and O–H groups in total. The van der Waals surface area contributed by atoms with Gasteiger partial charge in [0, 0.05) is 0 Å². The van der Waals surface area contributed by atoms with Crippen molar-refractivity contribution in [3.05, 3.63) is 35.9 Å². The van der Waals surface area contributed by atoms with Gasteiger partial charge in [-0.05, 0) is 43.0 Å². The Bertz CT molecular complexity index is 365. The Morgan fingerprint density at radius 1 is 1.41 bits per heavy atom. The molecule has 0 heterocycles. The van der Waals surface area contributed by atoms with Crippen LogP contribution in [0.4, 0.5) is 0 Å². The number of hydrogen-bond donors (Lipinski definition) is 1. The molecule has 1 aromatic rings. The first-order chi connectivity index (χ1) is 8.29. The van der Waals surface area contributed by atoms with Gasteiger partial charge in [0.25, 0.3) is 0 Å². The number of rotatable bonds is 5. The van der Waals surface area contributed by atoms with Gasteiger partial charge in [0.15, 0.2) is 0 Å². The Kier molecular flexibility index (Phi) is 4.40. The Labute approximate surface area is 106 Å². The summed E-state index contributed by atoms with van der Waals surface area (Å²) in [5.41, 5.74) is 1.07. The van der Waals surface area contributed by atoms with Gasteiger partial charge < -0.3 is 4.74 Å². The summed E-state index contributed by atoms with van der Waals surface area (Å²) in [6.45, 7) is 0. The maximum Gasteiger partial charge on any atom is 0.325 e. The number of hydrogen-bond acceptors (Lipinski definition) is 3. The van der Waals surface area contributed by atoms with Crippen LogP contribution in [0.1, 0.15) is 24.8 Å². The van der Waals surface area contributed by atoms with Gasteiger partial charge >= 0.3 is 5.97 Å². The van der Waals surface area contributed by atoms with Crippen molar-refractivity contribution in [2.24, 2.45) is 0 Å². The molecule has 1 fully saturated rings. The Morgan fingerprint density at radius 2 is 2.12 bits per heavy atom. The fraction of sp³-hybridized carbons (Fsp3) is 0.462. The fourth-order valence-electron chi connectivity index (χ4n) is 1.75. The number of nitrogens with one attached hydrogen (secondary N) is 1. The van der Waals surface area contributed by atoms with Crippen molar-refractivity contribution in [2.45, 2.75) is 37.8 Å². The summed E-state index contributed by atoms with van der Waals surface area (Å²) in [5.74, 6) is -0.256. The maximum absolute atomic E-state index is 11.8. The monoisotopic (exact) mass is 253 g/mol. The number of carbonyl (C=O) groups is 1. The second kappa shape index (κ2) is 6.03. The summed E-state index contributed by atoms with van der Waals surface area (Å²) in [6.07, 6.45) is 3.76. The molecule has 1 aliphatic carbocycles. The van der Waals surface area contributed by atoms with Gasteiger partial charge in [0.1, 0.15) is 12.1 Å². The molecule has 0 radical (unpaired) electrons. The first-order valence-electron chi connectivity index (χ1n) is 5.90. The third-order valence-corrected chi connectivity index (χ3v) is 3.30. The zero-order chi connectivity index (χ0) is 12.1. The van der Waals surface area contributed by atoms with E-state index in [4.69, 9.17) is 16.5 Å². The third kappa shape index (κ3) is 3.45. The third-order valence-electron chi connectivity index (χ3n) is 3.03. The predicted octanol–water partition coefficient (Wildman–Crippen LogP) is 2.44. The van der Waals surface area contributed by atoms with E-state index in [1.165, 1.54) is 0 Å². The standard InChI is InChI=1S/C13H16ClNO2/c14-15-12(9-10-5-2-1-3-6-10)13(16)17-11-7-4-8-11/h1-3,5-6,11-12,15H,4,7-9H2/t12-/m0/s1. The molecule has 2 rings (SSSR count). The van der Waals surface area contributed by atoms with E-state index in [1.54, 1.807) is 0 Å². The molecule has 1 saturated carbocycles. The maximum atomic E-state index is 11.8. The molecule has 17 heavy (non-hydrogen) atoms. The van der Waals surface area contributed by atoms with Crippen LogP contribution < -0.4 is 4.84 Å². The lowest BCUT2D eigenvalue weighted by Gasteiger charge is -2.27. The van der Waals surface area contributed by atoms with E-state index in [-0.39, 0.29) is 12.1 Å². The largest absolute Gasteiger partial charge is 0.461 e. The van der Waals surface area contributed by atoms with Crippen molar-refractivity contribution >= 4 is 17.7 Å². The van der Waals surface area contributed by atoms with Gasteiger partial charge in [-0.1, -0.05) is 30.3 Å². The number of carbonyl (C=O) groups excluding carboxylic acids is 1. The average Bonchev–Trinajstić information content (AvgIpc) is 2.32. The van der Waals surface area contributed by atoms with Crippen LogP contribution in [0, 0.1) is 0 Å². The molecule has 1 aliphatic rings. The zero-order valence-electron chi connectivity index (χ0n) is 9.56. The first-order valence-corrected chi connectivity index (χ1v) is 6.28. The van der Waals surface area contributed by atoms with Crippen LogP contribution in [0.5, 0.6) is 0 Å². The van der Waals surface area contributed by atoms with Gasteiger partial charge in [0.2, 0.25) is 0 Å². The summed E-state index contributed by atoms with van der Waals surface area (Å²) < 4.78 is 5.33. The Hall–Kier alpha value is -1.06. The highest BCUT2D eigenvalue weighted by molar-refractivity contribution is 6.14. The highest BCUT2D eigenvalue weighted by atomic mass is 35.5. The lowest BCUT2D eigenvalue weighted by atomic mass is 9.96. The molecule has 1 aromatic carbocycles. The minimum Gasteiger partial charge on any atom is -0.461 e. The predicted molar refractivity (Wildman–Crippen MR) is 66.7 cm³/mol. The summed E-state index contributed by atoms with van der Waals surface area (Å²) in [6, 6.07) is 9.30. The minimum absolute atomic E-state index is 0.103. The normalized spacial score (nSPS) is 17.2. The molecular formula is C13H16ClNO2. The summed E-state index contributed by atoms with van der Waals surface area (Å²) in [7, 11) is 0. The Balaban J connectivity index is 1.89. The molecule has 1 atom stereocenters. The second-order valence-corrected chi connectivity index (χ2v) is 4.56. The van der Waals surface area contributed by atoms with Crippen molar-refractivity contribution < 1.29 is 9.53 Å². The van der Waals surface area contributed by atoms with Gasteiger partial charge in [-0.25, -0.2) is 4.84 Å². The molecule has 4 heteroatoms. The van der Waals surface area contributed by atoms with Crippen molar-refractivity contribution in [3.63, 3.8) is 0 Å². The summed E-state index contributed by atoms with van der Waals surface area (Å²) in [4.78, 5) is 14.3. The van der Waals surface area contributed by atoms with Crippen LogP contribution in [0.3, 0.4) is 0 Å². The fourth-order valence-corrected chi connectivity index (χ4v) is 1.92. The molecule has 0 aliphatic heterocycles. The molecule has 0 bridgehead atoms. The highest BCUT2D eigenvalue weighted by Crippen LogP contribution is 2.22. The molecule has 0 aromatic heterocycles. The lowest BCUT2D eigenvalue weighted by molar-refractivity contribution is -0.154. The summed E-state index contributed by atoms with van der Waals surface area (Å²) >= 11 is 5.61. The van der Waals surface area contributed by atoms with E-state index in [9.17, 15) is 4.79 Å². The van der Waals surface area contributed by atoms with E-state index in [0.717, 1.165) is 24.8 Å². The molecule has 0 spiro atoms. The van der Waals surface area contributed by atoms with Crippen molar-refractivity contribution in [3.8, 4) is 0 Å². The van der Waals surface area contributed by atoms with E-state index < -0.39 is 6.04 Å². The van der Waals surface area contributed by atoms with Crippen molar-refractivity contribution in [1.82, 2.24) is 4.84 Å². The van der Waals surface area contributed by atoms with Gasteiger partial charge in [-0.2, -0.15) is 0 Å². The highest BCUT2D eigenvalue weighted by Gasteiger charge is 2.26. The smallest absolute Gasteiger partial charge is 0.325 e. The lowest BCUT2D eigenvalue weighted by Crippen LogP contribution is -2.38. The van der Waals surface area contributed by atoms with E-state index >= 15 is 0 Å². The first kappa shape index (κ1) is 12.4. The number of halogens is 1.